The molecule has 82 valence electrons. The van der Waals surface area contributed by atoms with Crippen molar-refractivity contribution in [2.24, 2.45) is 0 Å². The summed E-state index contributed by atoms with van der Waals surface area (Å²) in [5.41, 5.74) is 0.703. The normalized spacial score (nSPS) is 20.3. The molecule has 1 atom stereocenters. The highest BCUT2D eigenvalue weighted by molar-refractivity contribution is 5.38. The Kier molecular flexibility index (Phi) is 2.86. The number of benzene rings is 1. The van der Waals surface area contributed by atoms with Crippen LogP contribution in [-0.4, -0.2) is 13.7 Å². The van der Waals surface area contributed by atoms with Crippen molar-refractivity contribution in [1.82, 2.24) is 5.32 Å². The van der Waals surface area contributed by atoms with Crippen LogP contribution in [0.4, 0.5) is 8.78 Å². The van der Waals surface area contributed by atoms with Crippen molar-refractivity contribution in [2.45, 2.75) is 18.9 Å². The fourth-order valence-electron chi connectivity index (χ4n) is 1.89. The first-order valence-corrected chi connectivity index (χ1v) is 5.02. The Bertz CT molecular complexity index is 368. The predicted octanol–water partition coefficient (Wildman–Crippen LogP) is 2.40. The first-order chi connectivity index (χ1) is 7.24. The van der Waals surface area contributed by atoms with Gasteiger partial charge in [0.1, 0.15) is 0 Å². The molecule has 0 aliphatic carbocycles. The second-order valence-corrected chi connectivity index (χ2v) is 3.61. The van der Waals surface area contributed by atoms with E-state index < -0.39 is 11.6 Å². The number of ether oxygens (including phenoxy) is 1. The lowest BCUT2D eigenvalue weighted by atomic mass is 10.0. The minimum atomic E-state index is -0.880. The minimum absolute atomic E-state index is 0.0394. The molecule has 1 aliphatic rings. The molecule has 0 amide bonds. The topological polar surface area (TPSA) is 21.3 Å². The van der Waals surface area contributed by atoms with Gasteiger partial charge in [0.15, 0.2) is 11.6 Å². The second-order valence-electron chi connectivity index (χ2n) is 3.61. The third-order valence-corrected chi connectivity index (χ3v) is 2.69. The Labute approximate surface area is 87.2 Å². The minimum Gasteiger partial charge on any atom is -0.490 e. The average Bonchev–Trinajstić information content (AvgIpc) is 2.45. The average molecular weight is 213 g/mol. The number of rotatable bonds is 1. The van der Waals surface area contributed by atoms with Gasteiger partial charge in [-0.25, -0.2) is 4.39 Å². The van der Waals surface area contributed by atoms with E-state index in [1.165, 1.54) is 0 Å². The van der Waals surface area contributed by atoms with E-state index in [0.717, 1.165) is 18.9 Å². The van der Waals surface area contributed by atoms with E-state index in [1.54, 1.807) is 13.1 Å². The van der Waals surface area contributed by atoms with E-state index in [0.29, 0.717) is 12.2 Å². The molecule has 15 heavy (non-hydrogen) atoms. The zero-order chi connectivity index (χ0) is 10.8. The molecule has 0 spiro atoms. The maximum atomic E-state index is 13.4. The van der Waals surface area contributed by atoms with Gasteiger partial charge < -0.3 is 10.1 Å². The molecular formula is C11H13F2NO. The second kappa shape index (κ2) is 4.14. The molecule has 1 unspecified atom stereocenters. The van der Waals surface area contributed by atoms with Crippen LogP contribution < -0.4 is 10.1 Å². The van der Waals surface area contributed by atoms with Crippen molar-refractivity contribution in [3.63, 3.8) is 0 Å². The first-order valence-electron chi connectivity index (χ1n) is 5.02. The molecule has 4 heteroatoms. The molecule has 1 aliphatic heterocycles. The van der Waals surface area contributed by atoms with E-state index in [2.05, 4.69) is 5.32 Å². The molecule has 0 saturated carbocycles. The van der Waals surface area contributed by atoms with Crippen LogP contribution in [0.5, 0.6) is 5.75 Å². The lowest BCUT2D eigenvalue weighted by Gasteiger charge is -2.15. The fourth-order valence-corrected chi connectivity index (χ4v) is 1.89. The molecule has 0 bridgehead atoms. The molecule has 0 aromatic heterocycles. The van der Waals surface area contributed by atoms with E-state index in [1.807, 2.05) is 0 Å². The van der Waals surface area contributed by atoms with Crippen molar-refractivity contribution in [2.75, 3.05) is 13.7 Å². The predicted molar refractivity (Wildman–Crippen MR) is 52.9 cm³/mol. The summed E-state index contributed by atoms with van der Waals surface area (Å²) in [5, 5.41) is 3.08. The van der Waals surface area contributed by atoms with Gasteiger partial charge in [-0.05, 0) is 26.0 Å². The summed E-state index contributed by atoms with van der Waals surface area (Å²) in [4.78, 5) is 0. The highest BCUT2D eigenvalue weighted by Gasteiger charge is 2.23. The van der Waals surface area contributed by atoms with Crippen LogP contribution in [0.1, 0.15) is 24.4 Å². The van der Waals surface area contributed by atoms with Gasteiger partial charge in [0.25, 0.3) is 0 Å². The molecule has 1 N–H and O–H groups in total. The van der Waals surface area contributed by atoms with E-state index in [-0.39, 0.29) is 11.8 Å². The summed E-state index contributed by atoms with van der Waals surface area (Å²) in [7, 11) is 1.81. The number of halogens is 2. The Morgan fingerprint density at radius 3 is 2.93 bits per heavy atom. The van der Waals surface area contributed by atoms with Gasteiger partial charge in [0.2, 0.25) is 5.82 Å². The molecule has 1 aromatic carbocycles. The van der Waals surface area contributed by atoms with Crippen LogP contribution in [0.25, 0.3) is 0 Å². The number of hydrogen-bond acceptors (Lipinski definition) is 2. The molecule has 2 rings (SSSR count). The summed E-state index contributed by atoms with van der Waals surface area (Å²) in [6, 6.07) is 2.77. The van der Waals surface area contributed by atoms with Crippen LogP contribution in [-0.2, 0) is 0 Å². The van der Waals surface area contributed by atoms with Crippen LogP contribution in [0, 0.1) is 11.6 Å². The quantitative estimate of drug-likeness (QED) is 0.773. The van der Waals surface area contributed by atoms with Gasteiger partial charge in [0.05, 0.1) is 6.61 Å². The highest BCUT2D eigenvalue weighted by atomic mass is 19.2. The first kappa shape index (κ1) is 10.4. The standard InChI is InChI=1S/C11H13F2NO/c1-14-9-3-2-6-15-11-7(9)4-5-8(12)10(11)13/h4-5,9,14H,2-3,6H2,1H3. The van der Waals surface area contributed by atoms with Gasteiger partial charge >= 0.3 is 0 Å². The Hall–Kier alpha value is -1.16. The zero-order valence-electron chi connectivity index (χ0n) is 8.52. The number of hydrogen-bond donors (Lipinski definition) is 1. The van der Waals surface area contributed by atoms with Crippen LogP contribution >= 0.6 is 0 Å². The highest BCUT2D eigenvalue weighted by Crippen LogP contribution is 2.34. The SMILES string of the molecule is CNC1CCCOc2c1ccc(F)c2F. The summed E-state index contributed by atoms with van der Waals surface area (Å²) in [6.45, 7) is 0.436. The summed E-state index contributed by atoms with van der Waals surface area (Å²) < 4.78 is 31.7. The van der Waals surface area contributed by atoms with Crippen LogP contribution in [0.2, 0.25) is 0 Å². The largest absolute Gasteiger partial charge is 0.490 e. The molecule has 0 saturated heterocycles. The fraction of sp³-hybridized carbons (Fsp3) is 0.455. The van der Waals surface area contributed by atoms with Gasteiger partial charge in [-0.15, -0.1) is 0 Å². The Morgan fingerprint density at radius 1 is 1.40 bits per heavy atom. The van der Waals surface area contributed by atoms with Crippen molar-refractivity contribution >= 4 is 0 Å². The maximum absolute atomic E-state index is 13.4. The zero-order valence-corrected chi connectivity index (χ0v) is 8.52. The molecule has 0 radical (unpaired) electrons. The van der Waals surface area contributed by atoms with Crippen LogP contribution in [0.15, 0.2) is 12.1 Å². The molecule has 1 heterocycles. The number of fused-ring (bicyclic) bond motifs is 1. The van der Waals surface area contributed by atoms with E-state index >= 15 is 0 Å². The lowest BCUT2D eigenvalue weighted by molar-refractivity contribution is 0.295. The van der Waals surface area contributed by atoms with Crippen molar-refractivity contribution < 1.29 is 13.5 Å². The smallest absolute Gasteiger partial charge is 0.200 e. The number of nitrogens with one attached hydrogen (secondary N) is 1. The van der Waals surface area contributed by atoms with Gasteiger partial charge in [-0.2, -0.15) is 4.39 Å². The summed E-state index contributed by atoms with van der Waals surface area (Å²) in [6.07, 6.45) is 1.70. The van der Waals surface area contributed by atoms with Crippen molar-refractivity contribution in [3.8, 4) is 5.75 Å². The van der Waals surface area contributed by atoms with Crippen LogP contribution in [0.3, 0.4) is 0 Å². The lowest BCUT2D eigenvalue weighted by Crippen LogP contribution is -2.16. The third kappa shape index (κ3) is 1.81. The summed E-state index contributed by atoms with van der Waals surface area (Å²) in [5.74, 6) is -1.67. The maximum Gasteiger partial charge on any atom is 0.200 e. The molecular weight excluding hydrogens is 200 g/mol. The summed E-state index contributed by atoms with van der Waals surface area (Å²) >= 11 is 0. The van der Waals surface area contributed by atoms with Crippen molar-refractivity contribution in [1.29, 1.82) is 0 Å². The molecule has 0 fully saturated rings. The third-order valence-electron chi connectivity index (χ3n) is 2.69. The van der Waals surface area contributed by atoms with E-state index in [9.17, 15) is 8.78 Å². The van der Waals surface area contributed by atoms with E-state index in [4.69, 9.17) is 4.74 Å². The Balaban J connectivity index is 2.49. The molecule has 1 aromatic rings. The van der Waals surface area contributed by atoms with Gasteiger partial charge in [-0.3, -0.25) is 0 Å². The van der Waals surface area contributed by atoms with Gasteiger partial charge in [-0.1, -0.05) is 6.07 Å². The molecule has 2 nitrogen and oxygen atoms in total. The van der Waals surface area contributed by atoms with Gasteiger partial charge in [0, 0.05) is 11.6 Å². The Morgan fingerprint density at radius 2 is 2.20 bits per heavy atom. The monoisotopic (exact) mass is 213 g/mol. The van der Waals surface area contributed by atoms with Crippen molar-refractivity contribution in [3.05, 3.63) is 29.3 Å².